The molecular weight excluding hydrogens is 336 g/mol. The molecule has 0 radical (unpaired) electrons. The van der Waals surface area contributed by atoms with Crippen molar-refractivity contribution >= 4 is 17.5 Å². The Balaban J connectivity index is 1.50. The van der Waals surface area contributed by atoms with Gasteiger partial charge in [-0.2, -0.15) is 0 Å². The number of anilines is 1. The lowest BCUT2D eigenvalue weighted by Crippen LogP contribution is -2.34. The van der Waals surface area contributed by atoms with E-state index in [0.717, 1.165) is 19.4 Å². The van der Waals surface area contributed by atoms with Gasteiger partial charge in [0.15, 0.2) is 5.76 Å². The van der Waals surface area contributed by atoms with E-state index in [0.29, 0.717) is 18.0 Å². The highest BCUT2D eigenvalue weighted by Gasteiger charge is 2.18. The molecule has 1 unspecified atom stereocenters. The number of amides is 2. The molecule has 7 nitrogen and oxygen atoms in total. The molecule has 2 aromatic rings. The summed E-state index contributed by atoms with van der Waals surface area (Å²) in [5.41, 5.74) is 0.610. The highest BCUT2D eigenvalue weighted by atomic mass is 16.5. The second-order valence-corrected chi connectivity index (χ2v) is 6.16. The molecule has 1 aromatic carbocycles. The minimum atomic E-state index is -0.348. The Hall–Kier alpha value is -2.80. The monoisotopic (exact) mass is 358 g/mol. The fourth-order valence-electron chi connectivity index (χ4n) is 2.70. The summed E-state index contributed by atoms with van der Waals surface area (Å²) in [6.45, 7) is 1.20. The second kappa shape index (κ2) is 8.53. The Kier molecular flexibility index (Phi) is 5.91. The van der Waals surface area contributed by atoms with Crippen LogP contribution in [0.25, 0.3) is 0 Å². The van der Waals surface area contributed by atoms with E-state index in [1.54, 1.807) is 37.4 Å². The number of hydrogen-bond acceptors (Lipinski definition) is 5. The molecule has 138 valence electrons. The molecule has 0 saturated carbocycles. The van der Waals surface area contributed by atoms with Crippen molar-refractivity contribution in [1.29, 1.82) is 0 Å². The highest BCUT2D eigenvalue weighted by molar-refractivity contribution is 5.97. The van der Waals surface area contributed by atoms with Gasteiger partial charge in [-0.1, -0.05) is 6.07 Å². The van der Waals surface area contributed by atoms with Crippen LogP contribution in [0, 0.1) is 0 Å². The number of nitrogens with zero attached hydrogens (tertiary/aromatic N) is 1. The Labute approximate surface area is 151 Å². The van der Waals surface area contributed by atoms with Crippen molar-refractivity contribution in [2.45, 2.75) is 18.9 Å². The van der Waals surface area contributed by atoms with Crippen molar-refractivity contribution in [3.05, 3.63) is 48.4 Å². The standard InChI is InChI=1S/C19H22N2O5/c1-21(19(23)17-8-4-10-25-17)12-18(22)20-14-5-2-6-15(11-14)26-13-16-7-3-9-24-16/h2,4-6,8,10-11,16H,3,7,9,12-13H2,1H3,(H,20,22). The van der Waals surface area contributed by atoms with Crippen LogP contribution in [0.15, 0.2) is 47.1 Å². The molecule has 1 fully saturated rings. The van der Waals surface area contributed by atoms with Gasteiger partial charge in [-0.05, 0) is 37.1 Å². The zero-order valence-corrected chi connectivity index (χ0v) is 14.6. The topological polar surface area (TPSA) is 81.0 Å². The van der Waals surface area contributed by atoms with Crippen LogP contribution in [0.5, 0.6) is 5.75 Å². The molecule has 2 heterocycles. The van der Waals surface area contributed by atoms with Crippen LogP contribution in [0.4, 0.5) is 5.69 Å². The lowest BCUT2D eigenvalue weighted by atomic mass is 10.2. The lowest BCUT2D eigenvalue weighted by molar-refractivity contribution is -0.116. The molecule has 26 heavy (non-hydrogen) atoms. The number of carbonyl (C=O) groups excluding carboxylic acids is 2. The zero-order valence-electron chi connectivity index (χ0n) is 14.6. The van der Waals surface area contributed by atoms with Gasteiger partial charge in [0, 0.05) is 25.4 Å². The molecule has 1 N–H and O–H groups in total. The predicted octanol–water partition coefficient (Wildman–Crippen LogP) is 2.55. The molecule has 1 saturated heterocycles. The van der Waals surface area contributed by atoms with E-state index in [-0.39, 0.29) is 30.2 Å². The second-order valence-electron chi connectivity index (χ2n) is 6.16. The van der Waals surface area contributed by atoms with Crippen LogP contribution in [-0.4, -0.2) is 49.6 Å². The van der Waals surface area contributed by atoms with E-state index in [2.05, 4.69) is 5.32 Å². The first-order valence-corrected chi connectivity index (χ1v) is 8.55. The van der Waals surface area contributed by atoms with Gasteiger partial charge < -0.3 is 24.1 Å². The smallest absolute Gasteiger partial charge is 0.289 e. The van der Waals surface area contributed by atoms with Gasteiger partial charge in [-0.25, -0.2) is 0 Å². The SMILES string of the molecule is CN(CC(=O)Nc1cccc(OCC2CCCO2)c1)C(=O)c1ccco1. The Morgan fingerprint density at radius 2 is 2.19 bits per heavy atom. The number of ether oxygens (including phenoxy) is 2. The van der Waals surface area contributed by atoms with Crippen LogP contribution in [-0.2, 0) is 9.53 Å². The molecule has 0 aliphatic carbocycles. The Morgan fingerprint density at radius 3 is 2.92 bits per heavy atom. The number of rotatable bonds is 7. The summed E-state index contributed by atoms with van der Waals surface area (Å²) >= 11 is 0. The number of furan rings is 1. The summed E-state index contributed by atoms with van der Waals surface area (Å²) in [6.07, 6.45) is 3.62. The van der Waals surface area contributed by atoms with Crippen LogP contribution in [0.1, 0.15) is 23.4 Å². The first kappa shape index (κ1) is 18.0. The van der Waals surface area contributed by atoms with Crippen LogP contribution in [0.2, 0.25) is 0 Å². The maximum atomic E-state index is 12.2. The molecule has 1 aliphatic heterocycles. The molecular formula is C19H22N2O5. The first-order chi connectivity index (χ1) is 12.6. The summed E-state index contributed by atoms with van der Waals surface area (Å²) in [5, 5.41) is 2.77. The van der Waals surface area contributed by atoms with E-state index in [1.807, 2.05) is 6.07 Å². The molecule has 0 bridgehead atoms. The van der Waals surface area contributed by atoms with Gasteiger partial charge in [0.1, 0.15) is 12.4 Å². The van der Waals surface area contributed by atoms with Gasteiger partial charge in [-0.15, -0.1) is 0 Å². The largest absolute Gasteiger partial charge is 0.491 e. The van der Waals surface area contributed by atoms with Crippen molar-refractivity contribution in [1.82, 2.24) is 4.90 Å². The summed E-state index contributed by atoms with van der Waals surface area (Å²) in [6, 6.07) is 10.3. The Morgan fingerprint density at radius 1 is 1.31 bits per heavy atom. The normalized spacial score (nSPS) is 16.3. The van der Waals surface area contributed by atoms with Crippen LogP contribution in [0.3, 0.4) is 0 Å². The van der Waals surface area contributed by atoms with E-state index in [4.69, 9.17) is 13.9 Å². The van der Waals surface area contributed by atoms with Gasteiger partial charge in [0.05, 0.1) is 18.9 Å². The number of benzene rings is 1. The molecule has 1 aliphatic rings. The zero-order chi connectivity index (χ0) is 18.4. The van der Waals surface area contributed by atoms with Crippen LogP contribution >= 0.6 is 0 Å². The molecule has 1 aromatic heterocycles. The quantitative estimate of drug-likeness (QED) is 0.823. The predicted molar refractivity (Wildman–Crippen MR) is 95.2 cm³/mol. The Bertz CT molecular complexity index is 738. The number of carbonyl (C=O) groups is 2. The summed E-state index contributed by atoms with van der Waals surface area (Å²) in [4.78, 5) is 25.6. The van der Waals surface area contributed by atoms with Crippen molar-refractivity contribution < 1.29 is 23.5 Å². The number of likely N-dealkylation sites (N-methyl/N-ethyl adjacent to an activating group) is 1. The number of nitrogens with one attached hydrogen (secondary N) is 1. The van der Waals surface area contributed by atoms with Crippen molar-refractivity contribution in [3.8, 4) is 5.75 Å². The third-order valence-electron chi connectivity index (χ3n) is 4.04. The maximum absolute atomic E-state index is 12.2. The summed E-state index contributed by atoms with van der Waals surface area (Å²) < 4.78 is 16.3. The van der Waals surface area contributed by atoms with E-state index in [1.165, 1.54) is 11.2 Å². The van der Waals surface area contributed by atoms with Crippen LogP contribution < -0.4 is 10.1 Å². The molecule has 3 rings (SSSR count). The van der Waals surface area contributed by atoms with Gasteiger partial charge >= 0.3 is 0 Å². The minimum Gasteiger partial charge on any atom is -0.491 e. The lowest BCUT2D eigenvalue weighted by Gasteiger charge is -2.16. The van der Waals surface area contributed by atoms with Gasteiger partial charge in [-0.3, -0.25) is 9.59 Å². The molecule has 7 heteroatoms. The fraction of sp³-hybridized carbons (Fsp3) is 0.368. The minimum absolute atomic E-state index is 0.0828. The molecule has 2 amide bonds. The van der Waals surface area contributed by atoms with Crippen molar-refractivity contribution in [2.75, 3.05) is 32.1 Å². The highest BCUT2D eigenvalue weighted by Crippen LogP contribution is 2.19. The summed E-state index contributed by atoms with van der Waals surface area (Å²) in [5.74, 6) is 0.214. The third-order valence-corrected chi connectivity index (χ3v) is 4.04. The number of hydrogen-bond donors (Lipinski definition) is 1. The average Bonchev–Trinajstić information content (AvgIpc) is 3.33. The van der Waals surface area contributed by atoms with Crippen molar-refractivity contribution in [3.63, 3.8) is 0 Å². The van der Waals surface area contributed by atoms with E-state index < -0.39 is 0 Å². The maximum Gasteiger partial charge on any atom is 0.289 e. The first-order valence-electron chi connectivity index (χ1n) is 8.55. The third kappa shape index (κ3) is 4.86. The van der Waals surface area contributed by atoms with Gasteiger partial charge in [0.25, 0.3) is 5.91 Å². The molecule has 0 spiro atoms. The summed E-state index contributed by atoms with van der Waals surface area (Å²) in [7, 11) is 1.55. The average molecular weight is 358 g/mol. The van der Waals surface area contributed by atoms with Crippen molar-refractivity contribution in [2.24, 2.45) is 0 Å². The van der Waals surface area contributed by atoms with E-state index >= 15 is 0 Å². The molecule has 1 atom stereocenters. The fourth-order valence-corrected chi connectivity index (χ4v) is 2.70. The van der Waals surface area contributed by atoms with Gasteiger partial charge in [0.2, 0.25) is 5.91 Å². The van der Waals surface area contributed by atoms with E-state index in [9.17, 15) is 9.59 Å².